The number of pyridine rings is 1. The van der Waals surface area contributed by atoms with Gasteiger partial charge >= 0.3 is 5.97 Å². The van der Waals surface area contributed by atoms with Gasteiger partial charge in [0.05, 0.1) is 16.0 Å². The summed E-state index contributed by atoms with van der Waals surface area (Å²) in [4.78, 5) is 26.4. The summed E-state index contributed by atoms with van der Waals surface area (Å²) >= 11 is 11.4. The maximum absolute atomic E-state index is 11.8. The van der Waals surface area contributed by atoms with Gasteiger partial charge < -0.3 is 10.4 Å². The fourth-order valence-corrected chi connectivity index (χ4v) is 1.78. The second-order valence-electron chi connectivity index (χ2n) is 4.26. The smallest absolute Gasteiger partial charge is 0.311 e. The number of halogens is 2. The summed E-state index contributed by atoms with van der Waals surface area (Å²) in [6.45, 7) is 0.113. The maximum Gasteiger partial charge on any atom is 0.311 e. The second-order valence-corrected chi connectivity index (χ2v) is 5.03. The molecule has 1 aliphatic rings. The van der Waals surface area contributed by atoms with Crippen molar-refractivity contribution in [3.63, 3.8) is 0 Å². The predicted octanol–water partition coefficient (Wildman–Crippen LogP) is 1.98. The monoisotopic (exact) mass is 288 g/mol. The normalized spacial score (nSPS) is 16.1. The number of hydrogen-bond acceptors (Lipinski definition) is 3. The first kappa shape index (κ1) is 13.1. The van der Waals surface area contributed by atoms with E-state index in [4.69, 9.17) is 28.3 Å². The first-order valence-electron chi connectivity index (χ1n) is 5.27. The molecular weight excluding hydrogens is 279 g/mol. The number of aromatic nitrogens is 1. The van der Waals surface area contributed by atoms with E-state index in [0.717, 1.165) is 0 Å². The number of carboxylic acid groups (broad SMARTS) is 1. The molecule has 96 valence electrons. The van der Waals surface area contributed by atoms with Crippen LogP contribution in [0.5, 0.6) is 0 Å². The van der Waals surface area contributed by atoms with Gasteiger partial charge in [0.15, 0.2) is 0 Å². The van der Waals surface area contributed by atoms with Crippen molar-refractivity contribution in [1.82, 2.24) is 10.3 Å². The van der Waals surface area contributed by atoms with Gasteiger partial charge in [0, 0.05) is 12.7 Å². The molecule has 1 aromatic heterocycles. The number of carbonyl (C=O) groups is 2. The van der Waals surface area contributed by atoms with Crippen LogP contribution in [0.25, 0.3) is 0 Å². The van der Waals surface area contributed by atoms with E-state index in [2.05, 4.69) is 10.3 Å². The number of hydrogen-bond donors (Lipinski definition) is 2. The van der Waals surface area contributed by atoms with Crippen molar-refractivity contribution in [2.24, 2.45) is 5.41 Å². The average Bonchev–Trinajstić information content (AvgIpc) is 3.11. The fraction of sp³-hybridized carbons (Fsp3) is 0.364. The summed E-state index contributed by atoms with van der Waals surface area (Å²) < 4.78 is 0. The Bertz CT molecular complexity index is 515. The third-order valence-electron chi connectivity index (χ3n) is 2.95. The average molecular weight is 289 g/mol. The molecule has 1 aromatic rings. The lowest BCUT2D eigenvalue weighted by atomic mass is 10.1. The largest absolute Gasteiger partial charge is 0.481 e. The molecule has 0 radical (unpaired) electrons. The first-order valence-corrected chi connectivity index (χ1v) is 6.03. The summed E-state index contributed by atoms with van der Waals surface area (Å²) in [5.74, 6) is -1.29. The highest BCUT2D eigenvalue weighted by atomic mass is 35.5. The topological polar surface area (TPSA) is 79.3 Å². The summed E-state index contributed by atoms with van der Waals surface area (Å²) in [7, 11) is 0. The maximum atomic E-state index is 11.8. The molecule has 0 spiro atoms. The molecule has 0 unspecified atom stereocenters. The third-order valence-corrected chi connectivity index (χ3v) is 3.64. The Morgan fingerprint density at radius 3 is 2.61 bits per heavy atom. The van der Waals surface area contributed by atoms with Crippen LogP contribution in [0, 0.1) is 5.41 Å². The van der Waals surface area contributed by atoms with Gasteiger partial charge in [-0.05, 0) is 18.9 Å². The summed E-state index contributed by atoms with van der Waals surface area (Å²) in [6, 6.07) is 1.40. The van der Waals surface area contributed by atoms with Gasteiger partial charge in [0.25, 0.3) is 5.91 Å². The van der Waals surface area contributed by atoms with E-state index in [9.17, 15) is 9.59 Å². The number of carboxylic acids is 1. The molecule has 18 heavy (non-hydrogen) atoms. The zero-order valence-corrected chi connectivity index (χ0v) is 10.8. The van der Waals surface area contributed by atoms with E-state index in [-0.39, 0.29) is 22.3 Å². The van der Waals surface area contributed by atoms with Gasteiger partial charge in [-0.2, -0.15) is 0 Å². The van der Waals surface area contributed by atoms with Crippen LogP contribution < -0.4 is 5.32 Å². The molecule has 7 heteroatoms. The van der Waals surface area contributed by atoms with Crippen molar-refractivity contribution in [3.05, 3.63) is 28.0 Å². The Labute approximate surface area is 113 Å². The quantitative estimate of drug-likeness (QED) is 0.831. The number of aliphatic carboxylic acids is 1. The molecule has 0 aromatic carbocycles. The predicted molar refractivity (Wildman–Crippen MR) is 65.9 cm³/mol. The molecule has 0 saturated heterocycles. The molecule has 1 fully saturated rings. The molecule has 1 amide bonds. The van der Waals surface area contributed by atoms with Crippen LogP contribution in [0.3, 0.4) is 0 Å². The van der Waals surface area contributed by atoms with Crippen molar-refractivity contribution in [1.29, 1.82) is 0 Å². The summed E-state index contributed by atoms with van der Waals surface area (Å²) in [5.41, 5.74) is -0.537. The highest BCUT2D eigenvalue weighted by Gasteiger charge is 2.50. The van der Waals surface area contributed by atoms with E-state index >= 15 is 0 Å². The van der Waals surface area contributed by atoms with Crippen LogP contribution in [0.2, 0.25) is 10.2 Å². The Hall–Kier alpha value is -1.33. The Balaban J connectivity index is 2.00. The van der Waals surface area contributed by atoms with Gasteiger partial charge in [0.1, 0.15) is 5.15 Å². The SMILES string of the molecule is O=C(NCC1(C(=O)O)CC1)c1cnc(Cl)c(Cl)c1. The molecule has 2 N–H and O–H groups in total. The first-order chi connectivity index (χ1) is 8.44. The minimum Gasteiger partial charge on any atom is -0.481 e. The molecule has 0 bridgehead atoms. The van der Waals surface area contributed by atoms with E-state index in [1.54, 1.807) is 0 Å². The molecule has 1 saturated carbocycles. The van der Waals surface area contributed by atoms with Crippen LogP contribution >= 0.6 is 23.2 Å². The lowest BCUT2D eigenvalue weighted by Crippen LogP contribution is -2.34. The Morgan fingerprint density at radius 2 is 2.11 bits per heavy atom. The van der Waals surface area contributed by atoms with Crippen molar-refractivity contribution in [3.8, 4) is 0 Å². The zero-order valence-electron chi connectivity index (χ0n) is 9.24. The highest BCUT2D eigenvalue weighted by molar-refractivity contribution is 6.41. The number of amides is 1. The minimum atomic E-state index is -0.880. The van der Waals surface area contributed by atoms with Crippen LogP contribution in [0.1, 0.15) is 23.2 Å². The second kappa shape index (κ2) is 4.74. The van der Waals surface area contributed by atoms with E-state index in [1.807, 2.05) is 0 Å². The van der Waals surface area contributed by atoms with Gasteiger partial charge in [-0.1, -0.05) is 23.2 Å². The fourth-order valence-electron chi connectivity index (χ4n) is 1.51. The van der Waals surface area contributed by atoms with Crippen LogP contribution in [-0.2, 0) is 4.79 Å². The Kier molecular flexibility index (Phi) is 3.45. The van der Waals surface area contributed by atoms with Crippen molar-refractivity contribution < 1.29 is 14.7 Å². The van der Waals surface area contributed by atoms with E-state index in [1.165, 1.54) is 12.3 Å². The van der Waals surface area contributed by atoms with Crippen molar-refractivity contribution in [2.45, 2.75) is 12.8 Å². The molecule has 0 atom stereocenters. The molecule has 2 rings (SSSR count). The van der Waals surface area contributed by atoms with Gasteiger partial charge in [-0.15, -0.1) is 0 Å². The lowest BCUT2D eigenvalue weighted by Gasteiger charge is -2.11. The number of carbonyl (C=O) groups excluding carboxylic acids is 1. The zero-order chi connectivity index (χ0) is 13.3. The van der Waals surface area contributed by atoms with Crippen LogP contribution in [-0.4, -0.2) is 28.5 Å². The van der Waals surface area contributed by atoms with Gasteiger partial charge in [-0.3, -0.25) is 9.59 Å². The van der Waals surface area contributed by atoms with Gasteiger partial charge in [-0.25, -0.2) is 4.98 Å². The molecule has 1 heterocycles. The number of nitrogens with one attached hydrogen (secondary N) is 1. The molecule has 0 aliphatic heterocycles. The summed E-state index contributed by atoms with van der Waals surface area (Å²) in [6.07, 6.45) is 2.47. The van der Waals surface area contributed by atoms with Crippen LogP contribution in [0.4, 0.5) is 0 Å². The molecule has 1 aliphatic carbocycles. The highest BCUT2D eigenvalue weighted by Crippen LogP contribution is 2.45. The summed E-state index contributed by atoms with van der Waals surface area (Å²) in [5, 5.41) is 11.8. The van der Waals surface area contributed by atoms with Gasteiger partial charge in [0.2, 0.25) is 0 Å². The number of rotatable bonds is 4. The van der Waals surface area contributed by atoms with Crippen LogP contribution in [0.15, 0.2) is 12.3 Å². The van der Waals surface area contributed by atoms with E-state index < -0.39 is 17.3 Å². The minimum absolute atomic E-state index is 0.113. The number of nitrogens with zero attached hydrogens (tertiary/aromatic N) is 1. The standard InChI is InChI=1S/C11H10Cl2N2O3/c12-7-3-6(4-14-8(7)13)9(16)15-5-11(1-2-11)10(17)18/h3-4H,1-2,5H2,(H,15,16)(H,17,18). The molecular formula is C11H10Cl2N2O3. The molecule has 5 nitrogen and oxygen atoms in total. The Morgan fingerprint density at radius 1 is 1.44 bits per heavy atom. The lowest BCUT2D eigenvalue weighted by molar-refractivity contribution is -0.143. The third kappa shape index (κ3) is 2.57. The van der Waals surface area contributed by atoms with Crippen molar-refractivity contribution >= 4 is 35.1 Å². The van der Waals surface area contributed by atoms with Crippen molar-refractivity contribution in [2.75, 3.05) is 6.54 Å². The van der Waals surface area contributed by atoms with E-state index in [0.29, 0.717) is 12.8 Å².